The second-order valence-corrected chi connectivity index (χ2v) is 4.16. The summed E-state index contributed by atoms with van der Waals surface area (Å²) in [5.41, 5.74) is 3.89. The Morgan fingerprint density at radius 1 is 1.12 bits per heavy atom. The average Bonchev–Trinajstić information content (AvgIpc) is 2.28. The normalized spacial score (nSPS) is 9.88. The van der Waals surface area contributed by atoms with Gasteiger partial charge in [-0.05, 0) is 38.8 Å². The first-order valence-electron chi connectivity index (χ1n) is 6.25. The topological polar surface area (TPSA) is 36.4 Å². The number of benzene rings is 1. The van der Waals surface area contributed by atoms with E-state index in [1.54, 1.807) is 0 Å². The van der Waals surface area contributed by atoms with E-state index in [0.29, 0.717) is 0 Å². The Bertz CT molecular complexity index is 375. The predicted molar refractivity (Wildman–Crippen MR) is 74.4 cm³/mol. The zero-order chi connectivity index (χ0) is 12.7. The van der Waals surface area contributed by atoms with E-state index < -0.39 is 0 Å². The summed E-state index contributed by atoms with van der Waals surface area (Å²) in [7, 11) is 0. The van der Waals surface area contributed by atoms with Crippen molar-refractivity contribution in [3.63, 3.8) is 0 Å². The third kappa shape index (κ3) is 4.47. The Balaban J connectivity index is 2.71. The highest BCUT2D eigenvalue weighted by Crippen LogP contribution is 2.11. The zero-order valence-corrected chi connectivity index (χ0v) is 11.3. The van der Waals surface area contributed by atoms with Crippen molar-refractivity contribution in [2.75, 3.05) is 13.1 Å². The smallest absolute Gasteiger partial charge is 0.191 e. The average molecular weight is 233 g/mol. The van der Waals surface area contributed by atoms with Crippen LogP contribution in [0.15, 0.2) is 23.2 Å². The molecule has 0 amide bonds. The molecule has 0 saturated carbocycles. The van der Waals surface area contributed by atoms with Crippen LogP contribution in [0.1, 0.15) is 30.5 Å². The number of aryl methyl sites for hydroxylation is 2. The fourth-order valence-corrected chi connectivity index (χ4v) is 1.70. The van der Waals surface area contributed by atoms with Crippen LogP contribution in [0.25, 0.3) is 0 Å². The van der Waals surface area contributed by atoms with E-state index in [4.69, 9.17) is 0 Å². The summed E-state index contributed by atoms with van der Waals surface area (Å²) in [4.78, 5) is 4.56. The first-order valence-corrected chi connectivity index (χ1v) is 6.25. The largest absolute Gasteiger partial charge is 0.357 e. The first-order chi connectivity index (χ1) is 8.17. The van der Waals surface area contributed by atoms with Crippen molar-refractivity contribution in [1.29, 1.82) is 0 Å². The van der Waals surface area contributed by atoms with Crippen LogP contribution < -0.4 is 10.6 Å². The SMILES string of the molecule is CCNC(=NCc1ccc(C)cc1C)NCC. The van der Waals surface area contributed by atoms with E-state index in [1.807, 2.05) is 0 Å². The van der Waals surface area contributed by atoms with Crippen molar-refractivity contribution in [3.05, 3.63) is 34.9 Å². The Morgan fingerprint density at radius 3 is 2.29 bits per heavy atom. The molecule has 0 fully saturated rings. The molecule has 3 nitrogen and oxygen atoms in total. The van der Waals surface area contributed by atoms with Gasteiger partial charge in [-0.1, -0.05) is 23.8 Å². The van der Waals surface area contributed by atoms with Gasteiger partial charge in [0, 0.05) is 13.1 Å². The number of nitrogens with one attached hydrogen (secondary N) is 2. The second-order valence-electron chi connectivity index (χ2n) is 4.16. The molecule has 94 valence electrons. The third-order valence-electron chi connectivity index (χ3n) is 2.59. The fourth-order valence-electron chi connectivity index (χ4n) is 1.70. The Kier molecular flexibility index (Phi) is 5.53. The number of aliphatic imine (C=N–C) groups is 1. The summed E-state index contributed by atoms with van der Waals surface area (Å²) < 4.78 is 0. The van der Waals surface area contributed by atoms with Crippen molar-refractivity contribution in [2.24, 2.45) is 4.99 Å². The van der Waals surface area contributed by atoms with Crippen LogP contribution in [0.3, 0.4) is 0 Å². The van der Waals surface area contributed by atoms with E-state index in [-0.39, 0.29) is 0 Å². The molecule has 0 unspecified atom stereocenters. The lowest BCUT2D eigenvalue weighted by molar-refractivity contribution is 0.838. The second kappa shape index (κ2) is 6.94. The van der Waals surface area contributed by atoms with Gasteiger partial charge in [0.05, 0.1) is 6.54 Å². The van der Waals surface area contributed by atoms with Crippen LogP contribution in [-0.2, 0) is 6.54 Å². The summed E-state index contributed by atoms with van der Waals surface area (Å²) in [6, 6.07) is 6.49. The van der Waals surface area contributed by atoms with Crippen LogP contribution in [-0.4, -0.2) is 19.0 Å². The molecule has 0 aliphatic rings. The Morgan fingerprint density at radius 2 is 1.76 bits per heavy atom. The molecule has 0 spiro atoms. The van der Waals surface area contributed by atoms with E-state index in [2.05, 4.69) is 61.5 Å². The molecule has 0 heterocycles. The van der Waals surface area contributed by atoms with E-state index in [0.717, 1.165) is 25.6 Å². The van der Waals surface area contributed by atoms with Gasteiger partial charge in [-0.2, -0.15) is 0 Å². The van der Waals surface area contributed by atoms with Crippen LogP contribution in [0.5, 0.6) is 0 Å². The lowest BCUT2D eigenvalue weighted by Gasteiger charge is -2.10. The minimum absolute atomic E-state index is 0.724. The van der Waals surface area contributed by atoms with E-state index >= 15 is 0 Å². The van der Waals surface area contributed by atoms with Gasteiger partial charge in [0.1, 0.15) is 0 Å². The summed E-state index contributed by atoms with van der Waals surface area (Å²) >= 11 is 0. The maximum absolute atomic E-state index is 4.56. The third-order valence-corrected chi connectivity index (χ3v) is 2.59. The number of guanidine groups is 1. The highest BCUT2D eigenvalue weighted by atomic mass is 15.2. The van der Waals surface area contributed by atoms with Crippen molar-refractivity contribution in [2.45, 2.75) is 34.2 Å². The van der Waals surface area contributed by atoms with Crippen LogP contribution in [0, 0.1) is 13.8 Å². The number of hydrogen-bond donors (Lipinski definition) is 2. The number of nitrogens with zero attached hydrogens (tertiary/aromatic N) is 1. The molecule has 0 atom stereocenters. The first kappa shape index (κ1) is 13.6. The molecule has 1 rings (SSSR count). The van der Waals surface area contributed by atoms with E-state index in [1.165, 1.54) is 16.7 Å². The van der Waals surface area contributed by atoms with Gasteiger partial charge in [-0.15, -0.1) is 0 Å². The maximum Gasteiger partial charge on any atom is 0.191 e. The highest BCUT2D eigenvalue weighted by molar-refractivity contribution is 5.79. The molecule has 17 heavy (non-hydrogen) atoms. The van der Waals surface area contributed by atoms with E-state index in [9.17, 15) is 0 Å². The summed E-state index contributed by atoms with van der Waals surface area (Å²) in [6.07, 6.45) is 0. The van der Waals surface area contributed by atoms with Crippen molar-refractivity contribution < 1.29 is 0 Å². The molecule has 0 saturated heterocycles. The minimum Gasteiger partial charge on any atom is -0.357 e. The van der Waals surface area contributed by atoms with Gasteiger partial charge in [-0.25, -0.2) is 4.99 Å². The molecule has 0 aliphatic heterocycles. The van der Waals surface area contributed by atoms with Crippen LogP contribution in [0.2, 0.25) is 0 Å². The molecule has 0 radical (unpaired) electrons. The molecule has 1 aromatic carbocycles. The van der Waals surface area contributed by atoms with Crippen molar-refractivity contribution >= 4 is 5.96 Å². The Hall–Kier alpha value is -1.51. The molecule has 0 bridgehead atoms. The van der Waals surface area contributed by atoms with Gasteiger partial charge in [-0.3, -0.25) is 0 Å². The number of hydrogen-bond acceptors (Lipinski definition) is 1. The molecular weight excluding hydrogens is 210 g/mol. The molecule has 3 heteroatoms. The van der Waals surface area contributed by atoms with Crippen molar-refractivity contribution in [3.8, 4) is 0 Å². The molecule has 0 aromatic heterocycles. The van der Waals surface area contributed by atoms with Gasteiger partial charge in [0.2, 0.25) is 0 Å². The predicted octanol–water partition coefficient (Wildman–Crippen LogP) is 2.38. The lowest BCUT2D eigenvalue weighted by atomic mass is 10.1. The maximum atomic E-state index is 4.56. The van der Waals surface area contributed by atoms with Gasteiger partial charge >= 0.3 is 0 Å². The molecule has 1 aromatic rings. The molecular formula is C14H23N3. The van der Waals surface area contributed by atoms with Crippen LogP contribution >= 0.6 is 0 Å². The van der Waals surface area contributed by atoms with Gasteiger partial charge < -0.3 is 10.6 Å². The zero-order valence-electron chi connectivity index (χ0n) is 11.3. The number of rotatable bonds is 4. The summed E-state index contributed by atoms with van der Waals surface area (Å²) in [6.45, 7) is 10.9. The standard InChI is InChI=1S/C14H23N3/c1-5-15-14(16-6-2)17-10-13-8-7-11(3)9-12(13)4/h7-9H,5-6,10H2,1-4H3,(H2,15,16,17). The van der Waals surface area contributed by atoms with Gasteiger partial charge in [0.25, 0.3) is 0 Å². The van der Waals surface area contributed by atoms with Crippen LogP contribution in [0.4, 0.5) is 0 Å². The quantitative estimate of drug-likeness (QED) is 0.619. The summed E-state index contributed by atoms with van der Waals surface area (Å²) in [5.74, 6) is 0.884. The molecule has 0 aliphatic carbocycles. The fraction of sp³-hybridized carbons (Fsp3) is 0.500. The highest BCUT2D eigenvalue weighted by Gasteiger charge is 1.99. The van der Waals surface area contributed by atoms with Crippen molar-refractivity contribution in [1.82, 2.24) is 10.6 Å². The van der Waals surface area contributed by atoms with Gasteiger partial charge in [0.15, 0.2) is 5.96 Å². The molecule has 2 N–H and O–H groups in total. The minimum atomic E-state index is 0.724. The summed E-state index contributed by atoms with van der Waals surface area (Å²) in [5, 5.41) is 6.45. The monoisotopic (exact) mass is 233 g/mol. The Labute approximate surface area is 104 Å². The lowest BCUT2D eigenvalue weighted by Crippen LogP contribution is -2.37.